The fraction of sp³-hybridized carbons (Fsp3) is 0.286. The van der Waals surface area contributed by atoms with E-state index in [9.17, 15) is 4.79 Å². The van der Waals surface area contributed by atoms with Crippen molar-refractivity contribution in [2.24, 2.45) is 5.73 Å². The lowest BCUT2D eigenvalue weighted by Crippen LogP contribution is -2.37. The zero-order chi connectivity index (χ0) is 9.68. The number of hydrogen-bond acceptors (Lipinski definition) is 5. The Morgan fingerprint density at radius 3 is 2.64 bits per heavy atom. The monoisotopic (exact) mass is 218 g/mol. The maximum atomic E-state index is 10.3. The smallest absolute Gasteiger partial charge is 0.322 e. The number of carboxylic acids is 1. The molecule has 0 unspecified atom stereocenters. The molecule has 0 saturated carbocycles. The zero-order valence-electron chi connectivity index (χ0n) is 7.25. The molecule has 1 aromatic heterocycles. The Morgan fingerprint density at radius 2 is 2.14 bits per heavy atom. The van der Waals surface area contributed by atoms with E-state index in [2.05, 4.69) is 15.3 Å². The Bertz CT molecular complexity index is 282. The van der Waals surface area contributed by atoms with Crippen LogP contribution in [0.15, 0.2) is 18.5 Å². The standard InChI is InChI=1S/C7H10N4O2.ClH/c8-5(6(12)13)4-11-7-9-2-1-3-10-7;/h1-3,5H,4,8H2,(H,12,13)(H,9,10,11);1H/t5-;/m1./s1. The van der Waals surface area contributed by atoms with Crippen LogP contribution in [0.2, 0.25) is 0 Å². The summed E-state index contributed by atoms with van der Waals surface area (Å²) in [5.41, 5.74) is 5.25. The largest absolute Gasteiger partial charge is 0.480 e. The van der Waals surface area contributed by atoms with Crippen molar-refractivity contribution >= 4 is 24.3 Å². The lowest BCUT2D eigenvalue weighted by Gasteiger charge is -2.06. The molecule has 78 valence electrons. The van der Waals surface area contributed by atoms with E-state index in [1.165, 1.54) is 0 Å². The van der Waals surface area contributed by atoms with Crippen LogP contribution >= 0.6 is 12.4 Å². The van der Waals surface area contributed by atoms with Crippen LogP contribution in [0.5, 0.6) is 0 Å². The lowest BCUT2D eigenvalue weighted by molar-refractivity contribution is -0.138. The average Bonchev–Trinajstić information content (AvgIpc) is 2.15. The van der Waals surface area contributed by atoms with E-state index in [0.717, 1.165) is 0 Å². The molecular formula is C7H11ClN4O2. The summed E-state index contributed by atoms with van der Waals surface area (Å²) < 4.78 is 0. The number of rotatable bonds is 4. The van der Waals surface area contributed by atoms with Gasteiger partial charge in [-0.25, -0.2) is 9.97 Å². The van der Waals surface area contributed by atoms with E-state index >= 15 is 0 Å². The van der Waals surface area contributed by atoms with Gasteiger partial charge in [-0.1, -0.05) is 0 Å². The maximum Gasteiger partial charge on any atom is 0.322 e. The number of aromatic nitrogens is 2. The van der Waals surface area contributed by atoms with E-state index in [0.29, 0.717) is 5.95 Å². The SMILES string of the molecule is Cl.N[C@H](CNc1ncccn1)C(=O)O. The molecule has 1 rings (SSSR count). The molecule has 0 aliphatic heterocycles. The lowest BCUT2D eigenvalue weighted by atomic mass is 10.3. The number of carboxylic acid groups (broad SMARTS) is 1. The normalized spacial score (nSPS) is 11.2. The van der Waals surface area contributed by atoms with E-state index in [1.54, 1.807) is 18.5 Å². The molecule has 6 nitrogen and oxygen atoms in total. The third-order valence-electron chi connectivity index (χ3n) is 1.36. The summed E-state index contributed by atoms with van der Waals surface area (Å²) in [6.45, 7) is 0.110. The molecule has 1 aromatic rings. The van der Waals surface area contributed by atoms with Crippen molar-refractivity contribution < 1.29 is 9.90 Å². The van der Waals surface area contributed by atoms with Crippen LogP contribution in [-0.4, -0.2) is 33.6 Å². The van der Waals surface area contributed by atoms with Gasteiger partial charge < -0.3 is 16.2 Å². The second kappa shape index (κ2) is 6.11. The molecule has 0 aliphatic rings. The van der Waals surface area contributed by atoms with Gasteiger partial charge >= 0.3 is 5.97 Å². The Morgan fingerprint density at radius 1 is 1.57 bits per heavy atom. The first-order chi connectivity index (χ1) is 6.20. The van der Waals surface area contributed by atoms with Crippen molar-refractivity contribution in [3.8, 4) is 0 Å². The molecule has 1 atom stereocenters. The first kappa shape index (κ1) is 12.6. The van der Waals surface area contributed by atoms with Crippen LogP contribution in [0, 0.1) is 0 Å². The van der Waals surface area contributed by atoms with Gasteiger partial charge in [-0.15, -0.1) is 12.4 Å². The van der Waals surface area contributed by atoms with Crippen LogP contribution in [-0.2, 0) is 4.79 Å². The van der Waals surface area contributed by atoms with E-state index < -0.39 is 12.0 Å². The summed E-state index contributed by atoms with van der Waals surface area (Å²) in [5.74, 6) is -0.678. The molecule has 0 saturated heterocycles. The van der Waals surface area contributed by atoms with E-state index in [1.807, 2.05) is 0 Å². The number of anilines is 1. The summed E-state index contributed by atoms with van der Waals surface area (Å²) in [6, 6.07) is 0.728. The number of nitrogens with zero attached hydrogens (tertiary/aromatic N) is 2. The van der Waals surface area contributed by atoms with Gasteiger partial charge in [0, 0.05) is 18.9 Å². The molecule has 1 heterocycles. The van der Waals surface area contributed by atoms with Gasteiger partial charge in [0.05, 0.1) is 0 Å². The second-order valence-electron chi connectivity index (χ2n) is 2.40. The van der Waals surface area contributed by atoms with Gasteiger partial charge in [-0.2, -0.15) is 0 Å². The molecule has 4 N–H and O–H groups in total. The number of hydrogen-bond donors (Lipinski definition) is 3. The van der Waals surface area contributed by atoms with Gasteiger partial charge in [-0.05, 0) is 6.07 Å². The minimum Gasteiger partial charge on any atom is -0.480 e. The number of nitrogens with two attached hydrogens (primary N) is 1. The van der Waals surface area contributed by atoms with Crippen LogP contribution in [0.4, 0.5) is 5.95 Å². The van der Waals surface area contributed by atoms with E-state index in [4.69, 9.17) is 10.8 Å². The average molecular weight is 219 g/mol. The third kappa shape index (κ3) is 4.01. The summed E-state index contributed by atoms with van der Waals surface area (Å²) in [7, 11) is 0. The van der Waals surface area contributed by atoms with Gasteiger partial charge in [0.25, 0.3) is 0 Å². The summed E-state index contributed by atoms with van der Waals surface area (Å²) in [5, 5.41) is 11.2. The molecular weight excluding hydrogens is 208 g/mol. The molecule has 0 aromatic carbocycles. The first-order valence-corrected chi connectivity index (χ1v) is 3.69. The number of carbonyl (C=O) groups is 1. The Labute approximate surface area is 87.0 Å². The summed E-state index contributed by atoms with van der Waals surface area (Å²) >= 11 is 0. The first-order valence-electron chi connectivity index (χ1n) is 3.69. The van der Waals surface area contributed by atoms with Gasteiger partial charge in [0.1, 0.15) is 6.04 Å². The minimum absolute atomic E-state index is 0. The minimum atomic E-state index is -1.05. The second-order valence-corrected chi connectivity index (χ2v) is 2.40. The molecule has 0 bridgehead atoms. The maximum absolute atomic E-state index is 10.3. The molecule has 0 fully saturated rings. The number of halogens is 1. The highest BCUT2D eigenvalue weighted by Gasteiger charge is 2.10. The van der Waals surface area contributed by atoms with Crippen molar-refractivity contribution in [2.75, 3.05) is 11.9 Å². The van der Waals surface area contributed by atoms with Crippen molar-refractivity contribution in [3.05, 3.63) is 18.5 Å². The summed E-state index contributed by atoms with van der Waals surface area (Å²) in [6.07, 6.45) is 3.11. The molecule has 14 heavy (non-hydrogen) atoms. The van der Waals surface area contributed by atoms with Gasteiger partial charge in [0.15, 0.2) is 0 Å². The molecule has 7 heteroatoms. The van der Waals surface area contributed by atoms with Crippen molar-refractivity contribution in [2.45, 2.75) is 6.04 Å². The number of aliphatic carboxylic acids is 1. The predicted octanol–water partition coefficient (Wildman–Crippen LogP) is -0.278. The molecule has 0 radical (unpaired) electrons. The Kier molecular flexibility index (Phi) is 5.50. The van der Waals surface area contributed by atoms with Crippen LogP contribution in [0.25, 0.3) is 0 Å². The Hall–Kier alpha value is -1.40. The molecule has 0 amide bonds. The fourth-order valence-corrected chi connectivity index (χ4v) is 0.679. The van der Waals surface area contributed by atoms with Gasteiger partial charge in [-0.3, -0.25) is 4.79 Å². The van der Waals surface area contributed by atoms with Crippen LogP contribution in [0.1, 0.15) is 0 Å². The fourth-order valence-electron chi connectivity index (χ4n) is 0.679. The highest BCUT2D eigenvalue weighted by molar-refractivity contribution is 5.85. The zero-order valence-corrected chi connectivity index (χ0v) is 8.07. The van der Waals surface area contributed by atoms with Crippen molar-refractivity contribution in [1.82, 2.24) is 9.97 Å². The van der Waals surface area contributed by atoms with Crippen molar-refractivity contribution in [1.29, 1.82) is 0 Å². The summed E-state index contributed by atoms with van der Waals surface area (Å²) in [4.78, 5) is 18.0. The molecule has 0 spiro atoms. The third-order valence-corrected chi connectivity index (χ3v) is 1.36. The van der Waals surface area contributed by atoms with Gasteiger partial charge in [0.2, 0.25) is 5.95 Å². The van der Waals surface area contributed by atoms with E-state index in [-0.39, 0.29) is 19.0 Å². The van der Waals surface area contributed by atoms with Crippen LogP contribution < -0.4 is 11.1 Å². The quantitative estimate of drug-likeness (QED) is 0.643. The van der Waals surface area contributed by atoms with Crippen molar-refractivity contribution in [3.63, 3.8) is 0 Å². The topological polar surface area (TPSA) is 101 Å². The van der Waals surface area contributed by atoms with Crippen LogP contribution in [0.3, 0.4) is 0 Å². The highest BCUT2D eigenvalue weighted by atomic mass is 35.5. The molecule has 0 aliphatic carbocycles. The Balaban J connectivity index is 0.00000169. The predicted molar refractivity (Wildman–Crippen MR) is 53.4 cm³/mol. The highest BCUT2D eigenvalue weighted by Crippen LogP contribution is 1.93. The number of nitrogens with one attached hydrogen (secondary N) is 1.